The van der Waals surface area contributed by atoms with E-state index in [1.165, 1.54) is 0 Å². The lowest BCUT2D eigenvalue weighted by atomic mass is 9.98. The second-order valence-corrected chi connectivity index (χ2v) is 4.35. The predicted molar refractivity (Wildman–Crippen MR) is 64.0 cm³/mol. The number of carboxylic acid groups (broad SMARTS) is 1. The van der Waals surface area contributed by atoms with Crippen LogP contribution in [0.3, 0.4) is 0 Å². The average Bonchev–Trinajstić information content (AvgIpc) is 2.65. The van der Waals surface area contributed by atoms with Gasteiger partial charge in [-0.1, -0.05) is 12.1 Å². The normalized spacial score (nSPS) is 16.9. The topological polar surface area (TPSA) is 113 Å². The summed E-state index contributed by atoms with van der Waals surface area (Å²) in [5.74, 6) is -1.15. The van der Waals surface area contributed by atoms with E-state index in [4.69, 9.17) is 10.8 Å². The zero-order valence-corrected chi connectivity index (χ0v) is 9.59. The summed E-state index contributed by atoms with van der Waals surface area (Å²) in [5, 5.41) is 21.2. The number of aliphatic hydroxyl groups excluding tert-OH is 1. The van der Waals surface area contributed by atoms with E-state index in [2.05, 4.69) is 5.32 Å². The van der Waals surface area contributed by atoms with Crippen molar-refractivity contribution in [3.8, 4) is 0 Å². The van der Waals surface area contributed by atoms with Gasteiger partial charge < -0.3 is 21.3 Å². The summed E-state index contributed by atoms with van der Waals surface area (Å²) in [7, 11) is 0. The molecule has 2 unspecified atom stereocenters. The number of amides is 1. The molecule has 1 aromatic rings. The molecule has 6 nitrogen and oxygen atoms in total. The Labute approximate surface area is 103 Å². The van der Waals surface area contributed by atoms with Crippen molar-refractivity contribution in [3.05, 3.63) is 29.3 Å². The van der Waals surface area contributed by atoms with E-state index < -0.39 is 18.1 Å². The molecule has 6 heteroatoms. The van der Waals surface area contributed by atoms with Crippen LogP contribution in [0.15, 0.2) is 18.2 Å². The number of nitrogens with one attached hydrogen (secondary N) is 1. The van der Waals surface area contributed by atoms with E-state index in [9.17, 15) is 14.7 Å². The lowest BCUT2D eigenvalue weighted by Crippen LogP contribution is -2.31. The molecule has 0 spiro atoms. The molecule has 0 aliphatic carbocycles. The maximum absolute atomic E-state index is 11.2. The van der Waals surface area contributed by atoms with Crippen LogP contribution in [0.5, 0.6) is 0 Å². The number of anilines is 1. The Balaban J connectivity index is 2.17. The highest BCUT2D eigenvalue weighted by Gasteiger charge is 2.23. The molecule has 1 heterocycles. The number of carboxylic acids is 1. The van der Waals surface area contributed by atoms with Gasteiger partial charge in [0.1, 0.15) is 0 Å². The van der Waals surface area contributed by atoms with Crippen LogP contribution in [0.25, 0.3) is 0 Å². The van der Waals surface area contributed by atoms with Gasteiger partial charge in [-0.25, -0.2) is 0 Å². The van der Waals surface area contributed by atoms with Gasteiger partial charge in [-0.2, -0.15) is 0 Å². The molecule has 1 aromatic carbocycles. The van der Waals surface area contributed by atoms with Gasteiger partial charge in [0.25, 0.3) is 0 Å². The number of hydrogen-bond donors (Lipinski definition) is 4. The lowest BCUT2D eigenvalue weighted by Gasteiger charge is -2.18. The Morgan fingerprint density at radius 1 is 1.50 bits per heavy atom. The van der Waals surface area contributed by atoms with E-state index in [0.717, 1.165) is 11.3 Å². The molecule has 1 amide bonds. The summed E-state index contributed by atoms with van der Waals surface area (Å²) >= 11 is 0. The van der Waals surface area contributed by atoms with E-state index in [-0.39, 0.29) is 18.7 Å². The number of benzene rings is 1. The highest BCUT2D eigenvalue weighted by Crippen LogP contribution is 2.27. The molecule has 1 aliphatic heterocycles. The van der Waals surface area contributed by atoms with Crippen molar-refractivity contribution in [1.29, 1.82) is 0 Å². The van der Waals surface area contributed by atoms with Gasteiger partial charge in [0.2, 0.25) is 5.91 Å². The maximum atomic E-state index is 11.2. The number of rotatable bonds is 4. The molecule has 0 fully saturated rings. The molecule has 0 saturated carbocycles. The van der Waals surface area contributed by atoms with Crippen LogP contribution in [-0.2, 0) is 16.0 Å². The first kappa shape index (κ1) is 12.5. The van der Waals surface area contributed by atoms with Gasteiger partial charge in [0, 0.05) is 11.7 Å². The minimum absolute atomic E-state index is 0.0912. The molecular formula is C12H14N2O4. The van der Waals surface area contributed by atoms with Gasteiger partial charge in [-0.05, 0) is 17.2 Å². The first-order chi connectivity index (χ1) is 8.47. The van der Waals surface area contributed by atoms with Crippen LogP contribution in [-0.4, -0.2) is 28.1 Å². The molecule has 0 bridgehead atoms. The monoisotopic (exact) mass is 250 g/mol. The van der Waals surface area contributed by atoms with Crippen LogP contribution in [0.2, 0.25) is 0 Å². The summed E-state index contributed by atoms with van der Waals surface area (Å²) in [6.45, 7) is 0. The second kappa shape index (κ2) is 4.75. The third-order valence-electron chi connectivity index (χ3n) is 2.91. The molecule has 96 valence electrons. The highest BCUT2D eigenvalue weighted by atomic mass is 16.4. The first-order valence-electron chi connectivity index (χ1n) is 5.55. The standard InChI is InChI=1S/C12H14N2O4/c13-8(5-11(16)17)12(18)6-1-2-9-7(3-6)4-10(15)14-9/h1-3,8,12,18H,4-5,13H2,(H,14,15)(H,16,17). The average molecular weight is 250 g/mol. The first-order valence-corrected chi connectivity index (χ1v) is 5.55. The molecule has 5 N–H and O–H groups in total. The zero-order valence-electron chi connectivity index (χ0n) is 9.59. The molecule has 0 aromatic heterocycles. The van der Waals surface area contributed by atoms with E-state index >= 15 is 0 Å². The van der Waals surface area contributed by atoms with Gasteiger partial charge in [-0.3, -0.25) is 9.59 Å². The van der Waals surface area contributed by atoms with Crippen LogP contribution in [0, 0.1) is 0 Å². The van der Waals surface area contributed by atoms with Crippen LogP contribution >= 0.6 is 0 Å². The van der Waals surface area contributed by atoms with E-state index in [1.807, 2.05) is 0 Å². The number of aliphatic carboxylic acids is 1. The minimum atomic E-state index is -1.06. The van der Waals surface area contributed by atoms with Gasteiger partial charge in [-0.15, -0.1) is 0 Å². The van der Waals surface area contributed by atoms with Crippen molar-refractivity contribution >= 4 is 17.6 Å². The summed E-state index contributed by atoms with van der Waals surface area (Å²) in [5.41, 5.74) is 7.65. The molecule has 0 radical (unpaired) electrons. The van der Waals surface area contributed by atoms with Crippen LogP contribution in [0.1, 0.15) is 23.7 Å². The predicted octanol–water partition coefficient (Wildman–Crippen LogP) is 0.0166. The fourth-order valence-corrected chi connectivity index (χ4v) is 1.99. The van der Waals surface area contributed by atoms with Crippen molar-refractivity contribution < 1.29 is 19.8 Å². The zero-order chi connectivity index (χ0) is 13.3. The van der Waals surface area contributed by atoms with Crippen LogP contribution < -0.4 is 11.1 Å². The van der Waals surface area contributed by atoms with Gasteiger partial charge >= 0.3 is 5.97 Å². The van der Waals surface area contributed by atoms with E-state index in [0.29, 0.717) is 5.56 Å². The number of carbonyl (C=O) groups excluding carboxylic acids is 1. The van der Waals surface area contributed by atoms with Crippen molar-refractivity contribution in [2.24, 2.45) is 5.73 Å². The Morgan fingerprint density at radius 2 is 2.22 bits per heavy atom. The van der Waals surface area contributed by atoms with Gasteiger partial charge in [0.15, 0.2) is 0 Å². The lowest BCUT2D eigenvalue weighted by molar-refractivity contribution is -0.138. The molecule has 2 rings (SSSR count). The molecule has 1 aliphatic rings. The number of fused-ring (bicyclic) bond motifs is 1. The van der Waals surface area contributed by atoms with Crippen LogP contribution in [0.4, 0.5) is 5.69 Å². The molecule has 2 atom stereocenters. The highest BCUT2D eigenvalue weighted by molar-refractivity contribution is 5.99. The molecule has 0 saturated heterocycles. The minimum Gasteiger partial charge on any atom is -0.481 e. The fourth-order valence-electron chi connectivity index (χ4n) is 1.99. The quantitative estimate of drug-likeness (QED) is 0.601. The smallest absolute Gasteiger partial charge is 0.305 e. The summed E-state index contributed by atoms with van der Waals surface area (Å²) < 4.78 is 0. The summed E-state index contributed by atoms with van der Waals surface area (Å²) in [6, 6.07) is 4.13. The second-order valence-electron chi connectivity index (χ2n) is 4.35. The molecule has 18 heavy (non-hydrogen) atoms. The Hall–Kier alpha value is -1.92. The summed E-state index contributed by atoms with van der Waals surface area (Å²) in [6.07, 6.45) is -1.10. The SMILES string of the molecule is NC(CC(=O)O)C(O)c1ccc2c(c1)CC(=O)N2. The third-order valence-corrected chi connectivity index (χ3v) is 2.91. The number of nitrogens with two attached hydrogens (primary N) is 1. The Morgan fingerprint density at radius 3 is 2.89 bits per heavy atom. The summed E-state index contributed by atoms with van der Waals surface area (Å²) in [4.78, 5) is 21.7. The van der Waals surface area contributed by atoms with Crippen molar-refractivity contribution in [2.75, 3.05) is 5.32 Å². The largest absolute Gasteiger partial charge is 0.481 e. The van der Waals surface area contributed by atoms with Gasteiger partial charge in [0.05, 0.1) is 18.9 Å². The third kappa shape index (κ3) is 2.49. The van der Waals surface area contributed by atoms with Crippen molar-refractivity contribution in [2.45, 2.75) is 25.0 Å². The Kier molecular flexibility index (Phi) is 3.31. The van der Waals surface area contributed by atoms with Crippen molar-refractivity contribution in [3.63, 3.8) is 0 Å². The maximum Gasteiger partial charge on any atom is 0.305 e. The number of hydrogen-bond acceptors (Lipinski definition) is 4. The van der Waals surface area contributed by atoms with Crippen molar-refractivity contribution in [1.82, 2.24) is 0 Å². The molecular weight excluding hydrogens is 236 g/mol. The van der Waals surface area contributed by atoms with E-state index in [1.54, 1.807) is 18.2 Å². The fraction of sp³-hybridized carbons (Fsp3) is 0.333. The Bertz CT molecular complexity index is 501. The number of aliphatic hydroxyl groups is 1. The number of carbonyl (C=O) groups is 2.